The maximum atomic E-state index is 12.1. The fourth-order valence-corrected chi connectivity index (χ4v) is 2.34. The van der Waals surface area contributed by atoms with Crippen molar-refractivity contribution in [3.63, 3.8) is 0 Å². The number of carbonyl (C=O) groups excluding carboxylic acids is 1. The number of nitro benzene ring substituents is 1. The lowest BCUT2D eigenvalue weighted by atomic mass is 10.2. The highest BCUT2D eigenvalue weighted by Crippen LogP contribution is 2.18. The van der Waals surface area contributed by atoms with E-state index in [0.29, 0.717) is 28.5 Å². The van der Waals surface area contributed by atoms with E-state index in [1.807, 2.05) is 0 Å². The predicted molar refractivity (Wildman–Crippen MR) is 98.1 cm³/mol. The van der Waals surface area contributed by atoms with Crippen LogP contribution >= 0.6 is 0 Å². The van der Waals surface area contributed by atoms with Gasteiger partial charge in [-0.3, -0.25) is 14.9 Å². The molecule has 0 aliphatic rings. The zero-order valence-electron chi connectivity index (χ0n) is 15.0. The van der Waals surface area contributed by atoms with Crippen LogP contribution in [0.4, 0.5) is 5.69 Å². The topological polar surface area (TPSA) is 117 Å². The van der Waals surface area contributed by atoms with Crippen molar-refractivity contribution in [2.24, 2.45) is 0 Å². The molecule has 0 spiro atoms. The maximum Gasteiger partial charge on any atom is 0.269 e. The zero-order chi connectivity index (χ0) is 19.9. The Morgan fingerprint density at radius 2 is 1.82 bits per heavy atom. The van der Waals surface area contributed by atoms with Crippen molar-refractivity contribution in [2.75, 3.05) is 7.11 Å². The molecule has 0 aliphatic carbocycles. The Labute approximate surface area is 160 Å². The van der Waals surface area contributed by atoms with Crippen LogP contribution in [0.5, 0.6) is 11.5 Å². The van der Waals surface area contributed by atoms with Crippen LogP contribution < -0.4 is 14.8 Å². The molecular formula is C19H17N3O6. The molecule has 0 unspecified atom stereocenters. The standard InChI is InChI=1S/C19H17N3O6/c1-26-16-6-2-13(3-7-16)19(23)20-11-18-10-14(21-28-18)12-27-17-8-4-15(5-9-17)22(24)25/h2-10H,11-12H2,1H3,(H,20,23). The number of benzene rings is 2. The van der Waals surface area contributed by atoms with Crippen molar-refractivity contribution < 1.29 is 23.7 Å². The number of carbonyl (C=O) groups is 1. The Balaban J connectivity index is 1.49. The molecule has 9 heteroatoms. The van der Waals surface area contributed by atoms with Gasteiger partial charge in [-0.1, -0.05) is 5.16 Å². The molecule has 1 aromatic heterocycles. The van der Waals surface area contributed by atoms with E-state index < -0.39 is 4.92 Å². The molecule has 0 saturated heterocycles. The van der Waals surface area contributed by atoms with Crippen molar-refractivity contribution in [1.29, 1.82) is 0 Å². The Morgan fingerprint density at radius 3 is 2.46 bits per heavy atom. The maximum absolute atomic E-state index is 12.1. The van der Waals surface area contributed by atoms with Crippen LogP contribution in [0.3, 0.4) is 0 Å². The van der Waals surface area contributed by atoms with Crippen molar-refractivity contribution in [3.05, 3.63) is 81.7 Å². The number of ether oxygens (including phenoxy) is 2. The summed E-state index contributed by atoms with van der Waals surface area (Å²) in [7, 11) is 1.56. The molecule has 9 nitrogen and oxygen atoms in total. The van der Waals surface area contributed by atoms with Crippen molar-refractivity contribution in [3.8, 4) is 11.5 Å². The summed E-state index contributed by atoms with van der Waals surface area (Å²) in [4.78, 5) is 22.3. The highest BCUT2D eigenvalue weighted by Gasteiger charge is 2.10. The van der Waals surface area contributed by atoms with Gasteiger partial charge >= 0.3 is 0 Å². The summed E-state index contributed by atoms with van der Waals surface area (Å²) >= 11 is 0. The van der Waals surface area contributed by atoms with Gasteiger partial charge < -0.3 is 19.3 Å². The van der Waals surface area contributed by atoms with Gasteiger partial charge in [0.15, 0.2) is 5.76 Å². The number of aromatic nitrogens is 1. The van der Waals surface area contributed by atoms with E-state index >= 15 is 0 Å². The van der Waals surface area contributed by atoms with Gasteiger partial charge in [-0.2, -0.15) is 0 Å². The number of hydrogen-bond acceptors (Lipinski definition) is 7. The second-order valence-corrected chi connectivity index (χ2v) is 5.74. The summed E-state index contributed by atoms with van der Waals surface area (Å²) in [6.07, 6.45) is 0. The molecule has 0 radical (unpaired) electrons. The molecule has 28 heavy (non-hydrogen) atoms. The fourth-order valence-electron chi connectivity index (χ4n) is 2.34. The lowest BCUT2D eigenvalue weighted by Crippen LogP contribution is -2.22. The van der Waals surface area contributed by atoms with E-state index in [9.17, 15) is 14.9 Å². The second-order valence-electron chi connectivity index (χ2n) is 5.74. The van der Waals surface area contributed by atoms with E-state index in [-0.39, 0.29) is 24.7 Å². The molecule has 1 heterocycles. The SMILES string of the molecule is COc1ccc(C(=O)NCc2cc(COc3ccc([N+](=O)[O-])cc3)no2)cc1. The Kier molecular flexibility index (Phi) is 5.85. The number of methoxy groups -OCH3 is 1. The fraction of sp³-hybridized carbons (Fsp3) is 0.158. The quantitative estimate of drug-likeness (QED) is 0.469. The smallest absolute Gasteiger partial charge is 0.269 e. The van der Waals surface area contributed by atoms with Crippen LogP contribution in [-0.2, 0) is 13.2 Å². The van der Waals surface area contributed by atoms with E-state index in [1.54, 1.807) is 37.4 Å². The van der Waals surface area contributed by atoms with E-state index in [1.165, 1.54) is 24.3 Å². The summed E-state index contributed by atoms with van der Waals surface area (Å²) < 4.78 is 15.7. The number of rotatable bonds is 8. The molecule has 2 aromatic carbocycles. The first-order valence-electron chi connectivity index (χ1n) is 8.29. The van der Waals surface area contributed by atoms with Crippen LogP contribution in [0.15, 0.2) is 59.1 Å². The molecule has 3 aromatic rings. The first-order chi connectivity index (χ1) is 13.5. The first-order valence-corrected chi connectivity index (χ1v) is 8.29. The minimum absolute atomic E-state index is 0.0105. The third kappa shape index (κ3) is 4.85. The van der Waals surface area contributed by atoms with E-state index in [0.717, 1.165) is 0 Å². The molecule has 0 saturated carbocycles. The largest absolute Gasteiger partial charge is 0.497 e. The van der Waals surface area contributed by atoms with Crippen molar-refractivity contribution >= 4 is 11.6 Å². The van der Waals surface area contributed by atoms with Gasteiger partial charge in [-0.25, -0.2) is 0 Å². The molecule has 3 rings (SSSR count). The number of nitrogens with zero attached hydrogens (tertiary/aromatic N) is 2. The molecule has 0 fully saturated rings. The van der Waals surface area contributed by atoms with Gasteiger partial charge in [-0.05, 0) is 36.4 Å². The third-order valence-electron chi connectivity index (χ3n) is 3.82. The number of nitro groups is 1. The summed E-state index contributed by atoms with van der Waals surface area (Å²) in [5, 5.41) is 17.2. The van der Waals surface area contributed by atoms with Gasteiger partial charge in [0.25, 0.3) is 11.6 Å². The third-order valence-corrected chi connectivity index (χ3v) is 3.82. The molecule has 0 aliphatic heterocycles. The Hall–Kier alpha value is -3.88. The zero-order valence-corrected chi connectivity index (χ0v) is 15.0. The minimum Gasteiger partial charge on any atom is -0.497 e. The average Bonchev–Trinajstić information content (AvgIpc) is 3.18. The van der Waals surface area contributed by atoms with Crippen LogP contribution in [0.1, 0.15) is 21.8 Å². The van der Waals surface area contributed by atoms with Gasteiger partial charge in [0.05, 0.1) is 18.6 Å². The normalized spacial score (nSPS) is 10.3. The monoisotopic (exact) mass is 383 g/mol. The molecule has 1 amide bonds. The molecule has 144 valence electrons. The van der Waals surface area contributed by atoms with Gasteiger partial charge in [0.1, 0.15) is 23.8 Å². The number of non-ortho nitro benzene ring substituents is 1. The molecular weight excluding hydrogens is 366 g/mol. The number of amides is 1. The van der Waals surface area contributed by atoms with Crippen LogP contribution in [0.2, 0.25) is 0 Å². The number of nitrogens with one attached hydrogen (secondary N) is 1. The van der Waals surface area contributed by atoms with E-state index in [4.69, 9.17) is 14.0 Å². The summed E-state index contributed by atoms with van der Waals surface area (Å²) in [6.45, 7) is 0.309. The lowest BCUT2D eigenvalue weighted by Gasteiger charge is -2.04. The van der Waals surface area contributed by atoms with Gasteiger partial charge in [0.2, 0.25) is 0 Å². The Morgan fingerprint density at radius 1 is 1.14 bits per heavy atom. The minimum atomic E-state index is -0.478. The van der Waals surface area contributed by atoms with Crippen molar-refractivity contribution in [1.82, 2.24) is 10.5 Å². The lowest BCUT2D eigenvalue weighted by molar-refractivity contribution is -0.384. The van der Waals surface area contributed by atoms with E-state index in [2.05, 4.69) is 10.5 Å². The highest BCUT2D eigenvalue weighted by atomic mass is 16.6. The molecule has 0 bridgehead atoms. The van der Waals surface area contributed by atoms with Gasteiger partial charge in [0, 0.05) is 23.8 Å². The second kappa shape index (κ2) is 8.67. The van der Waals surface area contributed by atoms with Crippen LogP contribution in [0, 0.1) is 10.1 Å². The predicted octanol–water partition coefficient (Wildman–Crippen LogP) is 3.10. The highest BCUT2D eigenvalue weighted by molar-refractivity contribution is 5.94. The summed E-state index contributed by atoms with van der Waals surface area (Å²) in [6, 6.07) is 14.1. The van der Waals surface area contributed by atoms with Crippen LogP contribution in [-0.4, -0.2) is 23.1 Å². The van der Waals surface area contributed by atoms with Crippen LogP contribution in [0.25, 0.3) is 0 Å². The van der Waals surface area contributed by atoms with Crippen molar-refractivity contribution in [2.45, 2.75) is 13.2 Å². The Bertz CT molecular complexity index is 951. The number of hydrogen-bond donors (Lipinski definition) is 1. The molecule has 0 atom stereocenters. The first kappa shape index (κ1) is 18.9. The summed E-state index contributed by atoms with van der Waals surface area (Å²) in [5.41, 5.74) is 1.03. The molecule has 1 N–H and O–H groups in total. The van der Waals surface area contributed by atoms with Gasteiger partial charge in [-0.15, -0.1) is 0 Å². The summed E-state index contributed by atoms with van der Waals surface area (Å²) in [5.74, 6) is 1.37. The average molecular weight is 383 g/mol.